The molecule has 1 atom stereocenters. The number of rotatable bonds is 7. The summed E-state index contributed by atoms with van der Waals surface area (Å²) in [6, 6.07) is 16.2. The molecule has 0 aliphatic heterocycles. The minimum Gasteiger partial charge on any atom is -0.345 e. The van der Waals surface area contributed by atoms with Gasteiger partial charge in [0.25, 0.3) is 5.91 Å². The van der Waals surface area contributed by atoms with Crippen molar-refractivity contribution in [1.82, 2.24) is 9.62 Å². The topological polar surface area (TPSA) is 69.7 Å². The van der Waals surface area contributed by atoms with Gasteiger partial charge in [-0.3, -0.25) is 9.10 Å². The Kier molecular flexibility index (Phi) is 6.39. The molecule has 2 rings (SSSR count). The molecule has 0 aromatic heterocycles. The van der Waals surface area contributed by atoms with Crippen molar-refractivity contribution in [1.29, 1.82) is 0 Å². The molecular formula is C19H25N3O3S. The Morgan fingerprint density at radius 2 is 1.58 bits per heavy atom. The summed E-state index contributed by atoms with van der Waals surface area (Å²) in [4.78, 5) is 12.5. The Labute approximate surface area is 155 Å². The van der Waals surface area contributed by atoms with Gasteiger partial charge < -0.3 is 5.32 Å². The minimum atomic E-state index is -3.56. The highest BCUT2D eigenvalue weighted by Gasteiger charge is 2.21. The number of hydrogen-bond acceptors (Lipinski definition) is 3. The van der Waals surface area contributed by atoms with Crippen molar-refractivity contribution in [3.63, 3.8) is 0 Å². The van der Waals surface area contributed by atoms with Crippen LogP contribution in [0.25, 0.3) is 0 Å². The van der Waals surface area contributed by atoms with Crippen molar-refractivity contribution in [2.24, 2.45) is 0 Å². The van der Waals surface area contributed by atoms with Crippen molar-refractivity contribution in [3.05, 3.63) is 65.7 Å². The van der Waals surface area contributed by atoms with Gasteiger partial charge in [-0.2, -0.15) is 12.7 Å². The highest BCUT2D eigenvalue weighted by atomic mass is 32.2. The van der Waals surface area contributed by atoms with E-state index in [0.29, 0.717) is 11.3 Å². The van der Waals surface area contributed by atoms with Crippen LogP contribution in [0.15, 0.2) is 54.6 Å². The number of nitrogens with zero attached hydrogens (tertiary/aromatic N) is 2. The first-order chi connectivity index (χ1) is 12.3. The maximum atomic E-state index is 12.5. The molecule has 0 saturated heterocycles. The Hall–Kier alpha value is -2.38. The monoisotopic (exact) mass is 375 g/mol. The predicted octanol–water partition coefficient (Wildman–Crippen LogP) is 2.81. The summed E-state index contributed by atoms with van der Waals surface area (Å²) in [5.74, 6) is -0.189. The van der Waals surface area contributed by atoms with Crippen LogP contribution in [-0.4, -0.2) is 39.8 Å². The quantitative estimate of drug-likeness (QED) is 0.809. The fraction of sp³-hybridized carbons (Fsp3) is 0.316. The van der Waals surface area contributed by atoms with E-state index < -0.39 is 10.2 Å². The molecule has 0 aliphatic carbocycles. The fourth-order valence-corrected chi connectivity index (χ4v) is 3.43. The number of hydrogen-bond donors (Lipinski definition) is 1. The molecule has 0 saturated carbocycles. The van der Waals surface area contributed by atoms with Crippen molar-refractivity contribution in [3.8, 4) is 0 Å². The number of benzene rings is 2. The Morgan fingerprint density at radius 1 is 1.00 bits per heavy atom. The fourth-order valence-electron chi connectivity index (χ4n) is 2.55. The maximum Gasteiger partial charge on any atom is 0.303 e. The van der Waals surface area contributed by atoms with E-state index in [1.54, 1.807) is 24.3 Å². The lowest BCUT2D eigenvalue weighted by Crippen LogP contribution is -2.37. The summed E-state index contributed by atoms with van der Waals surface area (Å²) < 4.78 is 26.6. The molecule has 0 aliphatic rings. The van der Waals surface area contributed by atoms with E-state index >= 15 is 0 Å². The van der Waals surface area contributed by atoms with Crippen LogP contribution in [0.3, 0.4) is 0 Å². The van der Waals surface area contributed by atoms with Crippen LogP contribution in [0, 0.1) is 0 Å². The second-order valence-corrected chi connectivity index (χ2v) is 8.32. The van der Waals surface area contributed by atoms with Crippen molar-refractivity contribution < 1.29 is 13.2 Å². The lowest BCUT2D eigenvalue weighted by molar-refractivity contribution is 0.0935. The first-order valence-corrected chi connectivity index (χ1v) is 9.79. The van der Waals surface area contributed by atoms with E-state index in [9.17, 15) is 13.2 Å². The second-order valence-electron chi connectivity index (χ2n) is 6.15. The molecule has 6 nitrogen and oxygen atoms in total. The van der Waals surface area contributed by atoms with E-state index in [1.807, 2.05) is 37.3 Å². The molecule has 0 fully saturated rings. The van der Waals surface area contributed by atoms with Crippen LogP contribution < -0.4 is 9.62 Å². The van der Waals surface area contributed by atoms with E-state index in [-0.39, 0.29) is 11.9 Å². The highest BCUT2D eigenvalue weighted by Crippen LogP contribution is 2.20. The van der Waals surface area contributed by atoms with Gasteiger partial charge in [-0.25, -0.2) is 0 Å². The standard InChI is InChI=1S/C19H25N3O3S/c1-5-18(15-9-7-6-8-10-15)20-19(23)16-11-13-17(14-12-16)22(4)26(24,25)21(2)3/h6-14,18H,5H2,1-4H3,(H,20,23). The molecule has 140 valence electrons. The van der Waals surface area contributed by atoms with Crippen LogP contribution in [0.2, 0.25) is 0 Å². The molecule has 2 aromatic rings. The summed E-state index contributed by atoms with van der Waals surface area (Å²) in [5.41, 5.74) is 2.03. The molecule has 26 heavy (non-hydrogen) atoms. The zero-order valence-electron chi connectivity index (χ0n) is 15.5. The summed E-state index contributed by atoms with van der Waals surface area (Å²) in [6.45, 7) is 2.02. The zero-order chi connectivity index (χ0) is 19.3. The first-order valence-electron chi connectivity index (χ1n) is 8.39. The van der Waals surface area contributed by atoms with Crippen molar-refractivity contribution >= 4 is 21.8 Å². The molecule has 2 aromatic carbocycles. The van der Waals surface area contributed by atoms with Crippen LogP contribution in [0.1, 0.15) is 35.3 Å². The second kappa shape index (κ2) is 8.33. The number of nitrogens with one attached hydrogen (secondary N) is 1. The van der Waals surface area contributed by atoms with Crippen molar-refractivity contribution in [2.45, 2.75) is 19.4 Å². The van der Waals surface area contributed by atoms with E-state index in [0.717, 1.165) is 16.3 Å². The number of anilines is 1. The van der Waals surface area contributed by atoms with E-state index in [1.165, 1.54) is 25.4 Å². The van der Waals surface area contributed by atoms with Crippen LogP contribution in [0.5, 0.6) is 0 Å². The van der Waals surface area contributed by atoms with Gasteiger partial charge in [0.05, 0.1) is 11.7 Å². The Bertz CT molecular complexity index is 834. The average Bonchev–Trinajstić information content (AvgIpc) is 2.65. The smallest absolute Gasteiger partial charge is 0.303 e. The highest BCUT2D eigenvalue weighted by molar-refractivity contribution is 7.90. The van der Waals surface area contributed by atoms with Crippen LogP contribution in [-0.2, 0) is 10.2 Å². The lowest BCUT2D eigenvalue weighted by Gasteiger charge is -2.23. The van der Waals surface area contributed by atoms with Gasteiger partial charge in [-0.05, 0) is 36.2 Å². The molecule has 0 radical (unpaired) electrons. The van der Waals surface area contributed by atoms with Gasteiger partial charge in [-0.1, -0.05) is 37.3 Å². The maximum absolute atomic E-state index is 12.5. The molecule has 1 unspecified atom stereocenters. The molecular weight excluding hydrogens is 350 g/mol. The molecule has 7 heteroatoms. The van der Waals surface area contributed by atoms with Gasteiger partial charge >= 0.3 is 10.2 Å². The van der Waals surface area contributed by atoms with E-state index in [4.69, 9.17) is 0 Å². The summed E-state index contributed by atoms with van der Waals surface area (Å²) in [5, 5.41) is 3.02. The van der Waals surface area contributed by atoms with E-state index in [2.05, 4.69) is 5.32 Å². The van der Waals surface area contributed by atoms with Crippen LogP contribution in [0.4, 0.5) is 5.69 Å². The number of carbonyl (C=O) groups excluding carboxylic acids is 1. The third kappa shape index (κ3) is 4.42. The summed E-state index contributed by atoms with van der Waals surface area (Å²) in [6.07, 6.45) is 0.775. The van der Waals surface area contributed by atoms with Gasteiger partial charge in [0.15, 0.2) is 0 Å². The Morgan fingerprint density at radius 3 is 2.08 bits per heavy atom. The normalized spacial score (nSPS) is 12.7. The Balaban J connectivity index is 2.14. The average molecular weight is 375 g/mol. The third-order valence-corrected chi connectivity index (χ3v) is 6.04. The summed E-state index contributed by atoms with van der Waals surface area (Å²) in [7, 11) is 0.872. The molecule has 1 N–H and O–H groups in total. The van der Waals surface area contributed by atoms with Crippen molar-refractivity contribution in [2.75, 3.05) is 25.4 Å². The number of amides is 1. The molecule has 0 spiro atoms. The van der Waals surface area contributed by atoms with Crippen LogP contribution >= 0.6 is 0 Å². The molecule has 0 heterocycles. The lowest BCUT2D eigenvalue weighted by atomic mass is 10.0. The van der Waals surface area contributed by atoms with Gasteiger partial charge in [-0.15, -0.1) is 0 Å². The number of carbonyl (C=O) groups is 1. The van der Waals surface area contributed by atoms with Gasteiger partial charge in [0, 0.05) is 26.7 Å². The van der Waals surface area contributed by atoms with Gasteiger partial charge in [0.1, 0.15) is 0 Å². The SMILES string of the molecule is CCC(NC(=O)c1ccc(N(C)S(=O)(=O)N(C)C)cc1)c1ccccc1. The van der Waals surface area contributed by atoms with Gasteiger partial charge in [0.2, 0.25) is 0 Å². The summed E-state index contributed by atoms with van der Waals surface area (Å²) >= 11 is 0. The predicted molar refractivity (Wildman–Crippen MR) is 104 cm³/mol. The minimum absolute atomic E-state index is 0.0693. The third-order valence-electron chi connectivity index (χ3n) is 4.22. The largest absolute Gasteiger partial charge is 0.345 e. The first kappa shape index (κ1) is 19.9. The zero-order valence-corrected chi connectivity index (χ0v) is 16.3. The molecule has 0 bridgehead atoms. The molecule has 1 amide bonds.